The number of nitrogens with one attached hydrogen (secondary N) is 2. The van der Waals surface area contributed by atoms with Crippen molar-refractivity contribution in [2.24, 2.45) is 0 Å². The van der Waals surface area contributed by atoms with Gasteiger partial charge in [-0.3, -0.25) is 19.6 Å². The first-order chi connectivity index (χ1) is 14.7. The summed E-state index contributed by atoms with van der Waals surface area (Å²) in [6, 6.07) is 16.5. The summed E-state index contributed by atoms with van der Waals surface area (Å²) in [6.45, 7) is 1.75. The van der Waals surface area contributed by atoms with Crippen LogP contribution < -0.4 is 10.0 Å². The van der Waals surface area contributed by atoms with E-state index in [1.54, 1.807) is 25.1 Å². The van der Waals surface area contributed by atoms with Crippen molar-refractivity contribution < 1.29 is 18.1 Å². The fraction of sp³-hybridized carbons (Fsp3) is 0.0952. The third kappa shape index (κ3) is 5.59. The number of carbonyl (C=O) groups excluding carboxylic acids is 1. The highest BCUT2D eigenvalue weighted by molar-refractivity contribution is 7.92. The van der Waals surface area contributed by atoms with Gasteiger partial charge in [-0.25, -0.2) is 8.42 Å². The molecule has 0 spiro atoms. The highest BCUT2D eigenvalue weighted by Crippen LogP contribution is 2.24. The smallest absolute Gasteiger partial charge is 0.273 e. The van der Waals surface area contributed by atoms with Crippen LogP contribution in [0.3, 0.4) is 0 Å². The maximum Gasteiger partial charge on any atom is 0.273 e. The Morgan fingerprint density at radius 1 is 1.06 bits per heavy atom. The molecule has 2 N–H and O–H groups in total. The van der Waals surface area contributed by atoms with Crippen molar-refractivity contribution in [3.8, 4) is 0 Å². The molecule has 31 heavy (non-hydrogen) atoms. The number of para-hydroxylation sites is 1. The van der Waals surface area contributed by atoms with Crippen molar-refractivity contribution in [2.45, 2.75) is 18.2 Å². The Hall–Kier alpha value is -3.43. The molecule has 0 saturated heterocycles. The minimum atomic E-state index is -3.86. The van der Waals surface area contributed by atoms with Crippen molar-refractivity contribution in [1.82, 2.24) is 0 Å². The van der Waals surface area contributed by atoms with Crippen LogP contribution in [0, 0.1) is 17.0 Å². The molecule has 3 aromatic carbocycles. The number of nitro groups is 1. The summed E-state index contributed by atoms with van der Waals surface area (Å²) < 4.78 is 27.8. The quantitative estimate of drug-likeness (QED) is 0.397. The first kappa shape index (κ1) is 22.3. The Balaban J connectivity index is 1.70. The van der Waals surface area contributed by atoms with Gasteiger partial charge in [-0.15, -0.1) is 0 Å². The minimum absolute atomic E-state index is 0.00331. The predicted octanol–water partition coefficient (Wildman–Crippen LogP) is 4.54. The van der Waals surface area contributed by atoms with Crippen LogP contribution in [0.1, 0.15) is 11.1 Å². The standard InChI is InChI=1S/C21H18ClN3O5S/c1-14-6-7-16(22)13-19(14)24-31(29,30)18-10-8-17(9-11-18)23-21(26)12-15-4-2-3-5-20(15)25(27)28/h2-11,13,24H,12H2,1H3,(H,23,26). The van der Waals surface area contributed by atoms with Gasteiger partial charge in [0.2, 0.25) is 5.91 Å². The number of benzene rings is 3. The van der Waals surface area contributed by atoms with Crippen LogP contribution in [-0.4, -0.2) is 19.2 Å². The van der Waals surface area contributed by atoms with Crippen LogP contribution in [-0.2, 0) is 21.2 Å². The highest BCUT2D eigenvalue weighted by atomic mass is 35.5. The summed E-state index contributed by atoms with van der Waals surface area (Å²) in [5.74, 6) is -0.461. The second kappa shape index (κ2) is 9.15. The van der Waals surface area contributed by atoms with E-state index in [0.29, 0.717) is 22.0 Å². The Kier molecular flexibility index (Phi) is 6.57. The molecule has 1 amide bonds. The monoisotopic (exact) mass is 459 g/mol. The van der Waals surface area contributed by atoms with Gasteiger partial charge >= 0.3 is 0 Å². The number of carbonyl (C=O) groups is 1. The van der Waals surface area contributed by atoms with Crippen molar-refractivity contribution in [2.75, 3.05) is 10.0 Å². The molecule has 0 radical (unpaired) electrons. The maximum absolute atomic E-state index is 12.6. The summed E-state index contributed by atoms with van der Waals surface area (Å²) in [7, 11) is -3.86. The molecular formula is C21H18ClN3O5S. The number of anilines is 2. The Bertz CT molecular complexity index is 1240. The van der Waals surface area contributed by atoms with E-state index >= 15 is 0 Å². The number of aryl methyl sites for hydroxylation is 1. The van der Waals surface area contributed by atoms with E-state index in [1.807, 2.05) is 0 Å². The van der Waals surface area contributed by atoms with Gasteiger partial charge in [0.1, 0.15) is 0 Å². The number of hydrogen-bond acceptors (Lipinski definition) is 5. The predicted molar refractivity (Wildman–Crippen MR) is 119 cm³/mol. The van der Waals surface area contributed by atoms with Gasteiger partial charge in [0.15, 0.2) is 0 Å². The first-order valence-corrected chi connectivity index (χ1v) is 10.9. The Morgan fingerprint density at radius 2 is 1.74 bits per heavy atom. The van der Waals surface area contributed by atoms with Crippen LogP contribution in [0.25, 0.3) is 0 Å². The van der Waals surface area contributed by atoms with Gasteiger partial charge in [0.05, 0.1) is 21.9 Å². The van der Waals surface area contributed by atoms with Gasteiger partial charge in [-0.1, -0.05) is 35.9 Å². The molecule has 0 bridgehead atoms. The minimum Gasteiger partial charge on any atom is -0.326 e. The molecule has 160 valence electrons. The average molecular weight is 460 g/mol. The van der Waals surface area contributed by atoms with Crippen LogP contribution in [0.2, 0.25) is 5.02 Å². The molecule has 0 aliphatic carbocycles. The number of hydrogen-bond donors (Lipinski definition) is 2. The topological polar surface area (TPSA) is 118 Å². The van der Waals surface area contributed by atoms with Gasteiger partial charge in [-0.05, 0) is 48.9 Å². The Morgan fingerprint density at radius 3 is 2.42 bits per heavy atom. The van der Waals surface area contributed by atoms with Crippen LogP contribution in [0.5, 0.6) is 0 Å². The van der Waals surface area contributed by atoms with Crippen molar-refractivity contribution in [3.63, 3.8) is 0 Å². The van der Waals surface area contributed by atoms with Gasteiger partial charge in [0.25, 0.3) is 15.7 Å². The van der Waals surface area contributed by atoms with E-state index in [2.05, 4.69) is 10.0 Å². The number of nitrogens with zero attached hydrogens (tertiary/aromatic N) is 1. The van der Waals surface area contributed by atoms with Gasteiger partial charge in [0, 0.05) is 22.3 Å². The molecule has 0 heterocycles. The van der Waals surface area contributed by atoms with E-state index in [9.17, 15) is 23.3 Å². The summed E-state index contributed by atoms with van der Waals surface area (Å²) in [5.41, 5.74) is 1.59. The van der Waals surface area contributed by atoms with Crippen LogP contribution >= 0.6 is 11.6 Å². The van der Waals surface area contributed by atoms with E-state index in [1.165, 1.54) is 48.5 Å². The van der Waals surface area contributed by atoms with Gasteiger partial charge < -0.3 is 5.32 Å². The molecule has 0 saturated carbocycles. The second-order valence-corrected chi connectivity index (χ2v) is 8.82. The second-order valence-electron chi connectivity index (χ2n) is 6.70. The van der Waals surface area contributed by atoms with Crippen LogP contribution in [0.4, 0.5) is 17.1 Å². The fourth-order valence-electron chi connectivity index (χ4n) is 2.84. The fourth-order valence-corrected chi connectivity index (χ4v) is 4.14. The lowest BCUT2D eigenvalue weighted by atomic mass is 10.1. The third-order valence-corrected chi connectivity index (χ3v) is 6.05. The summed E-state index contributed by atoms with van der Waals surface area (Å²) >= 11 is 5.93. The van der Waals surface area contributed by atoms with E-state index < -0.39 is 20.9 Å². The zero-order valence-electron chi connectivity index (χ0n) is 16.3. The average Bonchev–Trinajstić information content (AvgIpc) is 2.71. The zero-order chi connectivity index (χ0) is 22.6. The number of sulfonamides is 1. The van der Waals surface area contributed by atoms with Crippen molar-refractivity contribution >= 4 is 44.6 Å². The lowest BCUT2D eigenvalue weighted by molar-refractivity contribution is -0.385. The maximum atomic E-state index is 12.6. The SMILES string of the molecule is Cc1ccc(Cl)cc1NS(=O)(=O)c1ccc(NC(=O)Cc2ccccc2[N+](=O)[O-])cc1. The molecule has 10 heteroatoms. The lowest BCUT2D eigenvalue weighted by Gasteiger charge is -2.12. The number of rotatable bonds is 7. The number of halogens is 1. The van der Waals surface area contributed by atoms with E-state index in [4.69, 9.17) is 11.6 Å². The third-order valence-electron chi connectivity index (χ3n) is 4.43. The summed E-state index contributed by atoms with van der Waals surface area (Å²) in [6.07, 6.45) is -0.188. The number of nitro benzene ring substituents is 1. The molecule has 0 aliphatic heterocycles. The van der Waals surface area contributed by atoms with Gasteiger partial charge in [-0.2, -0.15) is 0 Å². The van der Waals surface area contributed by atoms with E-state index in [0.717, 1.165) is 0 Å². The molecule has 3 aromatic rings. The van der Waals surface area contributed by atoms with Crippen molar-refractivity contribution in [1.29, 1.82) is 0 Å². The summed E-state index contributed by atoms with van der Waals surface area (Å²) in [4.78, 5) is 22.8. The molecule has 0 fully saturated rings. The normalized spacial score (nSPS) is 11.0. The molecular weight excluding hydrogens is 442 g/mol. The van der Waals surface area contributed by atoms with Crippen LogP contribution in [0.15, 0.2) is 71.6 Å². The lowest BCUT2D eigenvalue weighted by Crippen LogP contribution is -2.16. The molecule has 0 aromatic heterocycles. The largest absolute Gasteiger partial charge is 0.326 e. The number of amides is 1. The first-order valence-electron chi connectivity index (χ1n) is 9.07. The van der Waals surface area contributed by atoms with E-state index in [-0.39, 0.29) is 22.6 Å². The van der Waals surface area contributed by atoms with Crippen molar-refractivity contribution in [3.05, 3.63) is 93.0 Å². The molecule has 0 unspecified atom stereocenters. The molecule has 3 rings (SSSR count). The highest BCUT2D eigenvalue weighted by Gasteiger charge is 2.17. The molecule has 8 nitrogen and oxygen atoms in total. The zero-order valence-corrected chi connectivity index (χ0v) is 17.9. The molecule has 0 atom stereocenters. The summed E-state index contributed by atoms with van der Waals surface area (Å²) in [5, 5.41) is 14.1. The Labute approximate surface area is 184 Å². The molecule has 0 aliphatic rings.